The quantitative estimate of drug-likeness (QED) is 0.0552. The second-order valence-corrected chi connectivity index (χ2v) is 20.4. The van der Waals surface area contributed by atoms with Crippen LogP contribution in [0.5, 0.6) is 11.5 Å². The highest BCUT2D eigenvalue weighted by atomic mass is 35.5. The summed E-state index contributed by atoms with van der Waals surface area (Å²) in [4.78, 5) is 33.3. The van der Waals surface area contributed by atoms with E-state index >= 15 is 0 Å². The third kappa shape index (κ3) is 18.7. The SMILES string of the molecule is CC(C)(CCCCN)CN(CC(O)[C@H](Cc1ccccc1)NC(=O)OC1COC2OCCC12)S(=O)(=O)c1ccc2c(c1)OCO2.COC(=O)Cl.COC(=O)NCCCCC(C)(C)C(C)C. The van der Waals surface area contributed by atoms with Crippen molar-refractivity contribution in [3.05, 3.63) is 54.1 Å². The number of methoxy groups -OCH3 is 2. The minimum Gasteiger partial charge on any atom is -0.457 e. The van der Waals surface area contributed by atoms with E-state index in [-0.39, 0.29) is 56.1 Å². The number of alkyl carbamates (subject to hydrolysis) is 2. The first-order valence-corrected chi connectivity index (χ1v) is 24.1. The maximum atomic E-state index is 14.2. The summed E-state index contributed by atoms with van der Waals surface area (Å²) in [6, 6.07) is 13.0. The van der Waals surface area contributed by atoms with Crippen molar-refractivity contribution in [3.63, 3.8) is 0 Å². The van der Waals surface area contributed by atoms with Crippen LogP contribution in [0.15, 0.2) is 53.4 Å². The van der Waals surface area contributed by atoms with Crippen LogP contribution in [0.1, 0.15) is 92.1 Å². The van der Waals surface area contributed by atoms with Crippen LogP contribution in [0, 0.1) is 22.7 Å². The molecule has 0 spiro atoms. The molecule has 3 aliphatic heterocycles. The average molecular weight is 958 g/mol. The summed E-state index contributed by atoms with van der Waals surface area (Å²) in [5.41, 5.74) is 5.76. The van der Waals surface area contributed by atoms with E-state index in [0.29, 0.717) is 42.5 Å². The van der Waals surface area contributed by atoms with Gasteiger partial charge in [0.2, 0.25) is 16.8 Å². The average Bonchev–Trinajstić information content (AvgIpc) is 4.03. The van der Waals surface area contributed by atoms with E-state index in [2.05, 4.69) is 59.4 Å². The minimum absolute atomic E-state index is 0.0137. The first kappa shape index (κ1) is 55.4. The van der Waals surface area contributed by atoms with Gasteiger partial charge in [0.05, 0.1) is 50.4 Å². The Kier molecular flexibility index (Phi) is 23.1. The van der Waals surface area contributed by atoms with Gasteiger partial charge in [-0.2, -0.15) is 4.31 Å². The monoisotopic (exact) mass is 956 g/mol. The van der Waals surface area contributed by atoms with Crippen molar-refractivity contribution >= 4 is 39.2 Å². The second kappa shape index (κ2) is 27.0. The molecule has 5 atom stereocenters. The lowest BCUT2D eigenvalue weighted by Gasteiger charge is -2.35. The van der Waals surface area contributed by atoms with Crippen LogP contribution < -0.4 is 25.8 Å². The van der Waals surface area contributed by atoms with Crippen molar-refractivity contribution in [1.82, 2.24) is 14.9 Å². The zero-order valence-electron chi connectivity index (χ0n) is 39.3. The predicted octanol–water partition coefficient (Wildman–Crippen LogP) is 7.21. The van der Waals surface area contributed by atoms with Crippen LogP contribution in [0.4, 0.5) is 14.4 Å². The smallest absolute Gasteiger partial charge is 0.407 e. The van der Waals surface area contributed by atoms with E-state index in [1.54, 1.807) is 6.07 Å². The molecule has 2 fully saturated rings. The lowest BCUT2D eigenvalue weighted by atomic mass is 9.77. The fraction of sp³-hybridized carbons (Fsp3) is 0.674. The molecule has 4 unspecified atom stereocenters. The Bertz CT molecular complexity index is 1870. The van der Waals surface area contributed by atoms with Gasteiger partial charge in [0, 0.05) is 37.3 Å². The molecule has 0 aliphatic carbocycles. The number of unbranched alkanes of at least 4 members (excludes halogenated alkanes) is 2. The van der Waals surface area contributed by atoms with E-state index in [0.717, 1.165) is 44.1 Å². The van der Waals surface area contributed by atoms with E-state index in [1.807, 2.05) is 44.2 Å². The standard InChI is InChI=1S/C32H45N3O9S.C12H25NO2.C2H3ClO2/c1-32(2,13-6-7-14-33)20-35(45(38,39)23-10-11-27-28(17-23)43-21-42-27)18-26(36)25(16-22-8-4-3-5-9-22)34-31(37)44-29-19-41-30-24(29)12-15-40-30;1-10(2)12(3,4)8-6-7-9-13-11(14)15-5;1-5-2(3)4/h3-5,8-11,17,24-26,29-30,36H,6-7,12-16,18-21,33H2,1-2H3,(H,34,37);10H,6-9H2,1-5H3,(H,13,14);1H3/t24?,25-,26?,29?,30?;;/m0../s1. The van der Waals surface area contributed by atoms with Gasteiger partial charge in [0.25, 0.3) is 0 Å². The number of amides is 2. The number of hydrogen-bond donors (Lipinski definition) is 4. The van der Waals surface area contributed by atoms with Crippen LogP contribution in [0.2, 0.25) is 0 Å². The van der Waals surface area contributed by atoms with Crippen LogP contribution in [0.3, 0.4) is 0 Å². The fourth-order valence-electron chi connectivity index (χ4n) is 7.35. The Labute approximate surface area is 390 Å². The highest BCUT2D eigenvalue weighted by Gasteiger charge is 2.44. The minimum atomic E-state index is -4.11. The Balaban J connectivity index is 0.000000468. The molecular weight excluding hydrogens is 884 g/mol. The van der Waals surface area contributed by atoms with Gasteiger partial charge >= 0.3 is 17.6 Å². The zero-order chi connectivity index (χ0) is 48.2. The number of carbonyl (C=O) groups is 3. The number of nitrogens with two attached hydrogens (primary N) is 1. The molecule has 17 nitrogen and oxygen atoms in total. The van der Waals surface area contributed by atoms with Crippen molar-refractivity contribution in [2.24, 2.45) is 28.4 Å². The number of aliphatic hydroxyl groups is 1. The van der Waals surface area contributed by atoms with E-state index < -0.39 is 45.2 Å². The molecule has 5 rings (SSSR count). The van der Waals surface area contributed by atoms with Gasteiger partial charge in [-0.3, -0.25) is 0 Å². The Hall–Kier alpha value is -3.91. The number of sulfonamides is 1. The molecular formula is C46H73ClN4O13S. The molecule has 5 N–H and O–H groups in total. The molecule has 2 aromatic carbocycles. The summed E-state index contributed by atoms with van der Waals surface area (Å²) in [7, 11) is -1.50. The summed E-state index contributed by atoms with van der Waals surface area (Å²) in [5.74, 6) is 1.47. The largest absolute Gasteiger partial charge is 0.457 e. The Morgan fingerprint density at radius 3 is 2.26 bits per heavy atom. The number of ether oxygens (including phenoxy) is 7. The third-order valence-corrected chi connectivity index (χ3v) is 14.0. The second-order valence-electron chi connectivity index (χ2n) is 18.2. The van der Waals surface area contributed by atoms with E-state index in [1.165, 1.54) is 37.1 Å². The number of benzene rings is 2. The van der Waals surface area contributed by atoms with Crippen molar-refractivity contribution in [3.8, 4) is 11.5 Å². The number of nitrogens with zero attached hydrogens (tertiary/aromatic N) is 1. The highest BCUT2D eigenvalue weighted by molar-refractivity contribution is 7.89. The molecule has 65 heavy (non-hydrogen) atoms. The Morgan fingerprint density at radius 1 is 0.938 bits per heavy atom. The molecule has 3 aliphatic rings. The maximum Gasteiger partial charge on any atom is 0.407 e. The normalized spacial score (nSPS) is 18.6. The van der Waals surface area contributed by atoms with Crippen LogP contribution in [-0.4, -0.2) is 120 Å². The molecule has 0 aromatic heterocycles. The molecule has 2 aromatic rings. The van der Waals surface area contributed by atoms with Gasteiger partial charge in [-0.25, -0.2) is 22.8 Å². The van der Waals surface area contributed by atoms with Crippen molar-refractivity contribution in [2.75, 3.05) is 60.4 Å². The first-order chi connectivity index (χ1) is 30.7. The first-order valence-electron chi connectivity index (χ1n) is 22.3. The number of nitrogens with one attached hydrogen (secondary N) is 2. The topological polar surface area (TPSA) is 224 Å². The van der Waals surface area contributed by atoms with E-state index in [4.69, 9.17) is 29.4 Å². The molecule has 0 saturated carbocycles. The van der Waals surface area contributed by atoms with Crippen molar-refractivity contribution in [1.29, 1.82) is 0 Å². The zero-order valence-corrected chi connectivity index (χ0v) is 40.9. The Morgan fingerprint density at radius 2 is 1.62 bits per heavy atom. The summed E-state index contributed by atoms with van der Waals surface area (Å²) in [6.07, 6.45) is 3.59. The molecule has 3 heterocycles. The maximum absolute atomic E-state index is 14.2. The molecule has 0 radical (unpaired) electrons. The number of fused-ring (bicyclic) bond motifs is 2. The van der Waals surface area contributed by atoms with Crippen LogP contribution in [0.25, 0.3) is 0 Å². The van der Waals surface area contributed by atoms with Gasteiger partial charge in [0.15, 0.2) is 17.8 Å². The van der Waals surface area contributed by atoms with E-state index in [9.17, 15) is 27.9 Å². The van der Waals surface area contributed by atoms with Crippen LogP contribution >= 0.6 is 11.6 Å². The van der Waals surface area contributed by atoms with Gasteiger partial charge in [-0.05, 0) is 79.5 Å². The summed E-state index contributed by atoms with van der Waals surface area (Å²) in [6.45, 7) is 15.0. The number of rotatable bonds is 21. The lowest BCUT2D eigenvalue weighted by molar-refractivity contribution is -0.0907. The van der Waals surface area contributed by atoms with Crippen molar-refractivity contribution < 1.29 is 61.1 Å². The van der Waals surface area contributed by atoms with Gasteiger partial charge in [-0.1, -0.05) is 84.7 Å². The van der Waals surface area contributed by atoms with Gasteiger partial charge in [-0.15, -0.1) is 0 Å². The number of hydrogen-bond acceptors (Lipinski definition) is 14. The number of aliphatic hydroxyl groups excluding tert-OH is 1. The summed E-state index contributed by atoms with van der Waals surface area (Å²) >= 11 is 4.60. The molecule has 2 amide bonds. The third-order valence-electron chi connectivity index (χ3n) is 12.0. The highest BCUT2D eigenvalue weighted by Crippen LogP contribution is 2.37. The van der Waals surface area contributed by atoms with Crippen LogP contribution in [-0.2, 0) is 40.1 Å². The molecule has 0 bridgehead atoms. The molecule has 368 valence electrons. The lowest BCUT2D eigenvalue weighted by Crippen LogP contribution is -2.52. The molecule has 19 heteroatoms. The van der Waals surface area contributed by atoms with Crippen molar-refractivity contribution in [2.45, 2.75) is 122 Å². The summed E-state index contributed by atoms with van der Waals surface area (Å²) in [5, 5.41) is 17.2. The number of halogens is 1. The van der Waals surface area contributed by atoms with Gasteiger partial charge in [0.1, 0.15) is 6.10 Å². The summed E-state index contributed by atoms with van der Waals surface area (Å²) < 4.78 is 65.7. The van der Waals surface area contributed by atoms with Gasteiger partial charge < -0.3 is 54.6 Å². The molecule has 2 saturated heterocycles. The fourth-order valence-corrected chi connectivity index (χ4v) is 9.02. The predicted molar refractivity (Wildman–Crippen MR) is 246 cm³/mol. The number of carbonyl (C=O) groups excluding carboxylic acids is 3.